The van der Waals surface area contributed by atoms with Gasteiger partial charge in [-0.25, -0.2) is 0 Å². The Balaban J connectivity index is 1.57. The first-order valence-electron chi connectivity index (χ1n) is 9.72. The molecule has 4 rings (SSSR count). The van der Waals surface area contributed by atoms with Crippen LogP contribution in [0.2, 0.25) is 0 Å². The van der Waals surface area contributed by atoms with Crippen molar-refractivity contribution < 1.29 is 9.53 Å². The van der Waals surface area contributed by atoms with Gasteiger partial charge in [0.1, 0.15) is 0 Å². The average molecular weight is 344 g/mol. The number of hydrogen-bond acceptors (Lipinski definition) is 3. The quantitative estimate of drug-likeness (QED) is 0.711. The fourth-order valence-electron chi connectivity index (χ4n) is 4.60. The topological polar surface area (TPSA) is 50.4 Å². The van der Waals surface area contributed by atoms with E-state index in [0.717, 1.165) is 31.5 Å². The largest absolute Gasteiger partial charge is 0.378 e. The Morgan fingerprint density at radius 1 is 1.00 bits per heavy atom. The molecule has 1 aromatic carbocycles. The van der Waals surface area contributed by atoms with Gasteiger partial charge in [-0.2, -0.15) is 0 Å². The zero-order valence-corrected chi connectivity index (χ0v) is 15.7. The standard InChI is InChI=1S/C21H32N2O2/c1-22-15-3-4-16-23-19(24)17-5-7-18(8-6-17)20-9-12-21(25-2,13-10-20)14-11-20/h5-8,22H,3-4,9-16H2,1-2H3,(H,23,24). The highest BCUT2D eigenvalue weighted by molar-refractivity contribution is 5.94. The summed E-state index contributed by atoms with van der Waals surface area (Å²) in [5.74, 6) is 0.0409. The third kappa shape index (κ3) is 3.90. The third-order valence-corrected chi connectivity index (χ3v) is 6.51. The number of rotatable bonds is 8. The number of nitrogens with one attached hydrogen (secondary N) is 2. The zero-order valence-electron chi connectivity index (χ0n) is 15.7. The minimum absolute atomic E-state index is 0.0409. The molecule has 0 heterocycles. The normalized spacial score (nSPS) is 28.1. The molecule has 0 radical (unpaired) electrons. The lowest BCUT2D eigenvalue weighted by Crippen LogP contribution is -2.49. The first-order valence-corrected chi connectivity index (χ1v) is 9.72. The van der Waals surface area contributed by atoms with Crippen molar-refractivity contribution in [1.29, 1.82) is 0 Å². The molecule has 2 bridgehead atoms. The SMILES string of the molecule is CNCCCCNC(=O)c1ccc(C23CCC(OC)(CC2)CC3)cc1. The fraction of sp³-hybridized carbons (Fsp3) is 0.667. The molecule has 0 aliphatic heterocycles. The fourth-order valence-corrected chi connectivity index (χ4v) is 4.60. The van der Waals surface area contributed by atoms with Gasteiger partial charge in [-0.05, 0) is 88.1 Å². The molecule has 0 saturated heterocycles. The van der Waals surface area contributed by atoms with Crippen LogP contribution in [-0.2, 0) is 10.2 Å². The maximum Gasteiger partial charge on any atom is 0.251 e. The number of ether oxygens (including phenoxy) is 1. The van der Waals surface area contributed by atoms with Crippen molar-refractivity contribution in [2.24, 2.45) is 0 Å². The van der Waals surface area contributed by atoms with Gasteiger partial charge in [0.25, 0.3) is 5.91 Å². The van der Waals surface area contributed by atoms with Crippen LogP contribution in [0, 0.1) is 0 Å². The summed E-state index contributed by atoms with van der Waals surface area (Å²) in [4.78, 5) is 12.3. The van der Waals surface area contributed by atoms with Gasteiger partial charge >= 0.3 is 0 Å². The minimum Gasteiger partial charge on any atom is -0.378 e. The van der Waals surface area contributed by atoms with Gasteiger partial charge in [0.05, 0.1) is 5.60 Å². The first-order chi connectivity index (χ1) is 12.1. The Morgan fingerprint density at radius 2 is 1.60 bits per heavy atom. The van der Waals surface area contributed by atoms with E-state index in [-0.39, 0.29) is 11.5 Å². The smallest absolute Gasteiger partial charge is 0.251 e. The van der Waals surface area contributed by atoms with Crippen LogP contribution in [0.1, 0.15) is 67.3 Å². The Kier molecular flexibility index (Phi) is 5.80. The van der Waals surface area contributed by atoms with Gasteiger partial charge < -0.3 is 15.4 Å². The van der Waals surface area contributed by atoms with Crippen molar-refractivity contribution in [2.45, 2.75) is 62.4 Å². The lowest BCUT2D eigenvalue weighted by Gasteiger charge is -2.53. The first kappa shape index (κ1) is 18.4. The number of carbonyl (C=O) groups excluding carboxylic acids is 1. The highest BCUT2D eigenvalue weighted by Gasteiger charge is 2.49. The monoisotopic (exact) mass is 344 g/mol. The molecule has 0 aromatic heterocycles. The summed E-state index contributed by atoms with van der Waals surface area (Å²) in [5.41, 5.74) is 2.63. The summed E-state index contributed by atoms with van der Waals surface area (Å²) in [6, 6.07) is 8.36. The Labute approximate surface area is 151 Å². The molecule has 1 amide bonds. The molecular weight excluding hydrogens is 312 g/mol. The number of methoxy groups -OCH3 is 1. The van der Waals surface area contributed by atoms with Gasteiger partial charge in [0.2, 0.25) is 0 Å². The molecule has 4 heteroatoms. The number of amides is 1. The van der Waals surface area contributed by atoms with Gasteiger partial charge in [-0.15, -0.1) is 0 Å². The summed E-state index contributed by atoms with van der Waals surface area (Å²) in [5, 5.41) is 6.14. The third-order valence-electron chi connectivity index (χ3n) is 6.51. The van der Waals surface area contributed by atoms with E-state index in [1.54, 1.807) is 0 Å². The van der Waals surface area contributed by atoms with Crippen LogP contribution >= 0.6 is 0 Å². The summed E-state index contributed by atoms with van der Waals surface area (Å²) >= 11 is 0. The maximum absolute atomic E-state index is 12.3. The molecule has 3 aliphatic carbocycles. The van der Waals surface area contributed by atoms with Crippen LogP contribution in [0.25, 0.3) is 0 Å². The number of carbonyl (C=O) groups is 1. The minimum atomic E-state index is 0.0409. The molecule has 4 nitrogen and oxygen atoms in total. The summed E-state index contributed by atoms with van der Waals surface area (Å²) in [6.45, 7) is 1.74. The van der Waals surface area contributed by atoms with Gasteiger partial charge in [0.15, 0.2) is 0 Å². The van der Waals surface area contributed by atoms with Crippen molar-refractivity contribution in [3.05, 3.63) is 35.4 Å². The van der Waals surface area contributed by atoms with Crippen molar-refractivity contribution in [3.8, 4) is 0 Å². The van der Waals surface area contributed by atoms with Crippen LogP contribution in [0.4, 0.5) is 0 Å². The summed E-state index contributed by atoms with van der Waals surface area (Å²) < 4.78 is 5.80. The van der Waals surface area contributed by atoms with E-state index in [2.05, 4.69) is 22.8 Å². The van der Waals surface area contributed by atoms with E-state index < -0.39 is 0 Å². The molecule has 2 N–H and O–H groups in total. The lowest BCUT2D eigenvalue weighted by molar-refractivity contribution is -0.0955. The second kappa shape index (κ2) is 7.88. The molecular formula is C21H32N2O2. The molecule has 138 valence electrons. The van der Waals surface area contributed by atoms with E-state index in [1.807, 2.05) is 26.3 Å². The van der Waals surface area contributed by atoms with Crippen LogP contribution < -0.4 is 10.6 Å². The highest BCUT2D eigenvalue weighted by Crippen LogP contribution is 2.54. The lowest BCUT2D eigenvalue weighted by atomic mass is 9.56. The molecule has 3 saturated carbocycles. The molecule has 3 aliphatic rings. The Bertz CT molecular complexity index is 558. The van der Waals surface area contributed by atoms with Crippen LogP contribution in [-0.4, -0.2) is 38.8 Å². The predicted octanol–water partition coefficient (Wildman–Crippen LogP) is 3.41. The van der Waals surface area contributed by atoms with Crippen LogP contribution in [0.5, 0.6) is 0 Å². The molecule has 0 unspecified atom stereocenters. The second-order valence-electron chi connectivity index (χ2n) is 7.81. The van der Waals surface area contributed by atoms with E-state index in [0.29, 0.717) is 5.41 Å². The predicted molar refractivity (Wildman–Crippen MR) is 101 cm³/mol. The van der Waals surface area contributed by atoms with E-state index >= 15 is 0 Å². The van der Waals surface area contributed by atoms with Crippen molar-refractivity contribution in [2.75, 3.05) is 27.2 Å². The molecule has 25 heavy (non-hydrogen) atoms. The van der Waals surface area contributed by atoms with Gasteiger partial charge in [-0.1, -0.05) is 12.1 Å². The van der Waals surface area contributed by atoms with Gasteiger partial charge in [0, 0.05) is 19.2 Å². The molecule has 1 aromatic rings. The van der Waals surface area contributed by atoms with E-state index in [9.17, 15) is 4.79 Å². The summed E-state index contributed by atoms with van der Waals surface area (Å²) in [6.07, 6.45) is 9.21. The second-order valence-corrected chi connectivity index (χ2v) is 7.81. The molecule has 0 atom stereocenters. The van der Waals surface area contributed by atoms with Crippen LogP contribution in [0.3, 0.4) is 0 Å². The van der Waals surface area contributed by atoms with Gasteiger partial charge in [-0.3, -0.25) is 4.79 Å². The summed E-state index contributed by atoms with van der Waals surface area (Å²) in [7, 11) is 3.82. The van der Waals surface area contributed by atoms with Crippen molar-refractivity contribution in [3.63, 3.8) is 0 Å². The number of hydrogen-bond donors (Lipinski definition) is 2. The number of benzene rings is 1. The Morgan fingerprint density at radius 3 is 2.16 bits per heavy atom. The van der Waals surface area contributed by atoms with Crippen LogP contribution in [0.15, 0.2) is 24.3 Å². The highest BCUT2D eigenvalue weighted by atomic mass is 16.5. The van der Waals surface area contributed by atoms with Crippen molar-refractivity contribution >= 4 is 5.91 Å². The maximum atomic E-state index is 12.3. The average Bonchev–Trinajstić information content (AvgIpc) is 2.69. The molecule has 0 spiro atoms. The van der Waals surface area contributed by atoms with Crippen molar-refractivity contribution in [1.82, 2.24) is 10.6 Å². The van der Waals surface area contributed by atoms with E-state index in [1.165, 1.54) is 44.1 Å². The molecule has 3 fully saturated rings. The van der Waals surface area contributed by atoms with E-state index in [4.69, 9.17) is 4.74 Å². The zero-order chi connectivity index (χ0) is 17.8. The Hall–Kier alpha value is -1.39. The number of fused-ring (bicyclic) bond motifs is 3. The number of unbranched alkanes of at least 4 members (excludes halogenated alkanes) is 1.